The van der Waals surface area contributed by atoms with Gasteiger partial charge in [0.05, 0.1) is 6.61 Å². The highest BCUT2D eigenvalue weighted by atomic mass is 16.5. The number of nitrogens with two attached hydrogens (primary N) is 1. The van der Waals surface area contributed by atoms with Crippen molar-refractivity contribution >= 4 is 23.5 Å². The highest BCUT2D eigenvalue weighted by Crippen LogP contribution is 2.23. The number of hydrogen-bond donors (Lipinski definition) is 4. The quantitative estimate of drug-likeness (QED) is 0.244. The number of hydrogen-bond acceptors (Lipinski definition) is 6. The number of carboxylic acids is 1. The zero-order valence-electron chi connectivity index (χ0n) is 18.9. The van der Waals surface area contributed by atoms with E-state index in [4.69, 9.17) is 15.6 Å². The van der Waals surface area contributed by atoms with Gasteiger partial charge in [0.2, 0.25) is 5.91 Å². The zero-order valence-corrected chi connectivity index (χ0v) is 18.9. The van der Waals surface area contributed by atoms with Crippen LogP contribution in [0.5, 0.6) is 5.75 Å². The largest absolute Gasteiger partial charge is 0.494 e. The molecule has 9 heteroatoms. The first kappa shape index (κ1) is 26.2. The van der Waals surface area contributed by atoms with Gasteiger partial charge in [-0.2, -0.15) is 0 Å². The van der Waals surface area contributed by atoms with Crippen LogP contribution < -0.4 is 21.1 Å². The van der Waals surface area contributed by atoms with Crippen LogP contribution in [0.15, 0.2) is 24.3 Å². The number of primary amides is 1. The maximum Gasteiger partial charge on any atom is 0.303 e. The van der Waals surface area contributed by atoms with Crippen molar-refractivity contribution < 1.29 is 24.2 Å². The van der Waals surface area contributed by atoms with Gasteiger partial charge in [0.25, 0.3) is 5.91 Å². The summed E-state index contributed by atoms with van der Waals surface area (Å²) in [6.07, 6.45) is 1.74. The molecule has 1 aromatic rings. The van der Waals surface area contributed by atoms with Crippen LogP contribution in [0.25, 0.3) is 0 Å². The second-order valence-electron chi connectivity index (χ2n) is 8.32. The molecule has 1 unspecified atom stereocenters. The number of carbonyl (C=O) groups is 3. The number of carbonyl (C=O) groups excluding carboxylic acids is 2. The zero-order chi connectivity index (χ0) is 23.4. The topological polar surface area (TPSA) is 134 Å². The lowest BCUT2D eigenvalue weighted by atomic mass is 9.95. The monoisotopic (exact) mass is 436 g/mol. The van der Waals surface area contributed by atoms with Gasteiger partial charge in [0, 0.05) is 24.9 Å². The highest BCUT2D eigenvalue weighted by Gasteiger charge is 2.38. The predicted molar refractivity (Wildman–Crippen MR) is 120 cm³/mol. The third-order valence-corrected chi connectivity index (χ3v) is 4.51. The van der Waals surface area contributed by atoms with Crippen LogP contribution >= 0.6 is 0 Å². The fraction of sp³-hybridized carbons (Fsp3) is 0.591. The van der Waals surface area contributed by atoms with E-state index >= 15 is 0 Å². The van der Waals surface area contributed by atoms with Crippen molar-refractivity contribution in [2.45, 2.75) is 51.6 Å². The smallest absolute Gasteiger partial charge is 0.303 e. The summed E-state index contributed by atoms with van der Waals surface area (Å²) in [5, 5.41) is 14.6. The number of carboxylic acid groups (broad SMARTS) is 1. The van der Waals surface area contributed by atoms with Crippen molar-refractivity contribution in [3.8, 4) is 5.75 Å². The van der Waals surface area contributed by atoms with Gasteiger partial charge in [0.1, 0.15) is 5.75 Å². The number of nitrogens with zero attached hydrogens (tertiary/aromatic N) is 1. The van der Waals surface area contributed by atoms with Gasteiger partial charge in [-0.25, -0.2) is 0 Å². The van der Waals surface area contributed by atoms with E-state index in [1.54, 1.807) is 24.3 Å². The molecular formula is C22H36N4O5. The number of benzene rings is 1. The molecule has 0 radical (unpaired) electrons. The van der Waals surface area contributed by atoms with E-state index in [0.29, 0.717) is 37.3 Å². The van der Waals surface area contributed by atoms with Crippen molar-refractivity contribution in [3.63, 3.8) is 0 Å². The lowest BCUT2D eigenvalue weighted by molar-refractivity contribution is -0.137. The van der Waals surface area contributed by atoms with Crippen molar-refractivity contribution in [1.29, 1.82) is 0 Å². The molecule has 0 aliphatic heterocycles. The Hall–Kier alpha value is -2.81. The summed E-state index contributed by atoms with van der Waals surface area (Å²) < 4.78 is 5.53. The molecule has 31 heavy (non-hydrogen) atoms. The normalized spacial score (nSPS) is 13.0. The van der Waals surface area contributed by atoms with Gasteiger partial charge in [-0.1, -0.05) is 13.8 Å². The maximum atomic E-state index is 12.5. The van der Waals surface area contributed by atoms with Crippen LogP contribution in [0.3, 0.4) is 0 Å². The minimum absolute atomic E-state index is 0.0458. The summed E-state index contributed by atoms with van der Waals surface area (Å²) in [5.41, 5.74) is 4.92. The molecular weight excluding hydrogens is 400 g/mol. The van der Waals surface area contributed by atoms with Gasteiger partial charge < -0.3 is 31.1 Å². The van der Waals surface area contributed by atoms with Crippen molar-refractivity contribution in [3.05, 3.63) is 24.3 Å². The standard InChI is InChI=1S/C22H36N4O5/c1-16(2)15-22(21(23)30,25-19(27)7-5-13-26(3)4)24-17-9-11-18(12-10-17)31-14-6-8-20(28)29/h9-12,16,24H,5-8,13-15H2,1-4H3,(H2,23,30)(H,25,27)(H,28,29). The number of amides is 2. The Kier molecular flexibility index (Phi) is 10.8. The number of ether oxygens (including phenoxy) is 1. The minimum Gasteiger partial charge on any atom is -0.494 e. The molecule has 5 N–H and O–H groups in total. The third-order valence-electron chi connectivity index (χ3n) is 4.51. The van der Waals surface area contributed by atoms with Crippen molar-refractivity contribution in [2.24, 2.45) is 11.7 Å². The molecule has 0 saturated heterocycles. The van der Waals surface area contributed by atoms with Gasteiger partial charge >= 0.3 is 5.97 Å². The highest BCUT2D eigenvalue weighted by molar-refractivity contribution is 5.92. The van der Waals surface area contributed by atoms with Crippen LogP contribution in [0.2, 0.25) is 0 Å². The van der Waals surface area contributed by atoms with Crippen LogP contribution in [0.1, 0.15) is 46.0 Å². The third kappa shape index (κ3) is 10.2. The summed E-state index contributed by atoms with van der Waals surface area (Å²) in [6, 6.07) is 6.87. The molecule has 0 aromatic heterocycles. The average Bonchev–Trinajstić information content (AvgIpc) is 2.65. The molecule has 1 rings (SSSR count). The number of anilines is 1. The van der Waals surface area contributed by atoms with E-state index in [2.05, 4.69) is 10.6 Å². The second kappa shape index (κ2) is 12.8. The summed E-state index contributed by atoms with van der Waals surface area (Å²) in [4.78, 5) is 37.5. The van der Waals surface area contributed by atoms with Crippen LogP contribution in [0, 0.1) is 5.92 Å². The van der Waals surface area contributed by atoms with Crippen molar-refractivity contribution in [1.82, 2.24) is 10.2 Å². The minimum atomic E-state index is -1.41. The lowest BCUT2D eigenvalue weighted by Gasteiger charge is -2.35. The molecule has 1 aromatic carbocycles. The Morgan fingerprint density at radius 2 is 1.77 bits per heavy atom. The Morgan fingerprint density at radius 3 is 2.29 bits per heavy atom. The Balaban J connectivity index is 2.85. The molecule has 174 valence electrons. The molecule has 0 spiro atoms. The first-order valence-electron chi connectivity index (χ1n) is 10.5. The van der Waals surface area contributed by atoms with E-state index in [1.807, 2.05) is 32.8 Å². The Morgan fingerprint density at radius 1 is 1.13 bits per heavy atom. The predicted octanol–water partition coefficient (Wildman–Crippen LogP) is 2.03. The molecule has 0 bridgehead atoms. The molecule has 0 fully saturated rings. The van der Waals surface area contributed by atoms with E-state index < -0.39 is 17.5 Å². The SMILES string of the molecule is CC(C)CC(NC(=O)CCCN(C)C)(Nc1ccc(OCCCC(=O)O)cc1)C(N)=O. The lowest BCUT2D eigenvalue weighted by Crippen LogP contribution is -2.63. The Bertz CT molecular complexity index is 721. The Labute approximate surface area is 184 Å². The van der Waals surface area contributed by atoms with Gasteiger partial charge in [0.15, 0.2) is 5.66 Å². The molecule has 0 aliphatic carbocycles. The van der Waals surface area contributed by atoms with E-state index in [1.165, 1.54) is 0 Å². The van der Waals surface area contributed by atoms with E-state index in [-0.39, 0.29) is 24.7 Å². The molecule has 2 amide bonds. The fourth-order valence-electron chi connectivity index (χ4n) is 3.12. The fourth-order valence-corrected chi connectivity index (χ4v) is 3.12. The van der Waals surface area contributed by atoms with Gasteiger partial charge in [-0.3, -0.25) is 14.4 Å². The molecule has 0 heterocycles. The molecule has 0 aliphatic rings. The summed E-state index contributed by atoms with van der Waals surface area (Å²) in [6.45, 7) is 4.96. The van der Waals surface area contributed by atoms with Crippen LogP contribution in [-0.2, 0) is 14.4 Å². The maximum absolute atomic E-state index is 12.5. The summed E-state index contributed by atoms with van der Waals surface area (Å²) >= 11 is 0. The first-order valence-corrected chi connectivity index (χ1v) is 10.5. The van der Waals surface area contributed by atoms with E-state index in [9.17, 15) is 14.4 Å². The summed E-state index contributed by atoms with van der Waals surface area (Å²) in [5.74, 6) is -1.08. The van der Waals surface area contributed by atoms with Crippen LogP contribution in [-0.4, -0.2) is 60.7 Å². The number of nitrogens with one attached hydrogen (secondary N) is 2. The first-order chi connectivity index (χ1) is 14.5. The average molecular weight is 437 g/mol. The summed E-state index contributed by atoms with van der Waals surface area (Å²) in [7, 11) is 3.87. The number of rotatable bonds is 15. The van der Waals surface area contributed by atoms with Crippen molar-refractivity contribution in [2.75, 3.05) is 32.6 Å². The van der Waals surface area contributed by atoms with Crippen LogP contribution in [0.4, 0.5) is 5.69 Å². The van der Waals surface area contributed by atoms with E-state index in [0.717, 1.165) is 6.54 Å². The second-order valence-corrected chi connectivity index (χ2v) is 8.32. The molecule has 9 nitrogen and oxygen atoms in total. The molecule has 0 saturated carbocycles. The van der Waals surface area contributed by atoms with Gasteiger partial charge in [-0.05, 0) is 63.7 Å². The number of aliphatic carboxylic acids is 1. The molecule has 1 atom stereocenters. The van der Waals surface area contributed by atoms with Gasteiger partial charge in [-0.15, -0.1) is 0 Å².